The van der Waals surface area contributed by atoms with Crippen molar-refractivity contribution in [2.24, 2.45) is 5.73 Å². The van der Waals surface area contributed by atoms with E-state index >= 15 is 0 Å². The van der Waals surface area contributed by atoms with Gasteiger partial charge in [0.25, 0.3) is 5.91 Å². The molecule has 1 amide bonds. The van der Waals surface area contributed by atoms with Crippen LogP contribution in [0.2, 0.25) is 0 Å². The number of carbonyl (C=O) groups is 3. The van der Waals surface area contributed by atoms with Gasteiger partial charge in [-0.15, -0.1) is 0 Å². The zero-order chi connectivity index (χ0) is 22.5. The summed E-state index contributed by atoms with van der Waals surface area (Å²) in [7, 11) is 0. The number of fused-ring (bicyclic) bond motifs is 2. The standard InChI is InChI=1S/C9H8N4O3.C9H6N4O2/c10-9(16)8-5-1-2-11-3-6(5)13(12-8)4-7(14)15;10-3-7-6-1-2-11-4-8(6)13(12-7)5-9(14)15/h1-3H,4H2,(H2,10,16)(H,14,15);1-2,4H,5H2,(H,14,15). The highest BCUT2D eigenvalue weighted by atomic mass is 16.4. The summed E-state index contributed by atoms with van der Waals surface area (Å²) in [5.74, 6) is -2.75. The van der Waals surface area contributed by atoms with E-state index in [1.54, 1.807) is 12.1 Å². The van der Waals surface area contributed by atoms with E-state index in [4.69, 9.17) is 21.2 Å². The first-order valence-corrected chi connectivity index (χ1v) is 8.56. The zero-order valence-corrected chi connectivity index (χ0v) is 15.7. The van der Waals surface area contributed by atoms with Gasteiger partial charge in [0.1, 0.15) is 19.2 Å². The van der Waals surface area contributed by atoms with Crippen LogP contribution in [0, 0.1) is 11.3 Å². The van der Waals surface area contributed by atoms with Gasteiger partial charge >= 0.3 is 11.9 Å². The molecule has 13 heteroatoms. The highest BCUT2D eigenvalue weighted by molar-refractivity contribution is 6.04. The van der Waals surface area contributed by atoms with Crippen LogP contribution in [0.15, 0.2) is 36.9 Å². The molecule has 4 aromatic rings. The zero-order valence-electron chi connectivity index (χ0n) is 15.7. The molecule has 4 N–H and O–H groups in total. The van der Waals surface area contributed by atoms with Crippen molar-refractivity contribution in [1.82, 2.24) is 29.5 Å². The molecular weight excluding hydrogens is 408 g/mol. The molecule has 0 aliphatic heterocycles. The molecule has 0 saturated carbocycles. The fourth-order valence-electron chi connectivity index (χ4n) is 2.80. The van der Waals surface area contributed by atoms with Gasteiger partial charge < -0.3 is 15.9 Å². The van der Waals surface area contributed by atoms with Crippen molar-refractivity contribution in [3.63, 3.8) is 0 Å². The summed E-state index contributed by atoms with van der Waals surface area (Å²) in [5.41, 5.74) is 6.44. The Morgan fingerprint density at radius 3 is 1.97 bits per heavy atom. The average molecular weight is 422 g/mol. The van der Waals surface area contributed by atoms with Crippen LogP contribution in [0.3, 0.4) is 0 Å². The number of amides is 1. The second-order valence-corrected chi connectivity index (χ2v) is 6.06. The third-order valence-corrected chi connectivity index (χ3v) is 4.02. The minimum absolute atomic E-state index is 0.0543. The first-order chi connectivity index (χ1) is 14.8. The molecule has 4 heterocycles. The van der Waals surface area contributed by atoms with Crippen molar-refractivity contribution in [3.05, 3.63) is 48.3 Å². The third-order valence-electron chi connectivity index (χ3n) is 4.02. The van der Waals surface area contributed by atoms with Crippen molar-refractivity contribution in [1.29, 1.82) is 5.26 Å². The van der Waals surface area contributed by atoms with Crippen LogP contribution in [-0.2, 0) is 22.7 Å². The number of hydrogen-bond acceptors (Lipinski definition) is 8. The SMILES string of the molecule is N#Cc1nn(CC(=O)O)c2cnccc12.NC(=O)c1nn(CC(=O)O)c2cnccc12. The molecule has 13 nitrogen and oxygen atoms in total. The average Bonchev–Trinajstić information content (AvgIpc) is 3.27. The largest absolute Gasteiger partial charge is 0.480 e. The molecular formula is C18H14N8O5. The van der Waals surface area contributed by atoms with Gasteiger partial charge in [0.05, 0.1) is 23.4 Å². The van der Waals surface area contributed by atoms with E-state index in [2.05, 4.69) is 20.2 Å². The van der Waals surface area contributed by atoms with Gasteiger partial charge in [-0.05, 0) is 12.1 Å². The normalized spacial score (nSPS) is 10.3. The number of aliphatic carboxylic acids is 2. The van der Waals surface area contributed by atoms with Crippen molar-refractivity contribution < 1.29 is 24.6 Å². The van der Waals surface area contributed by atoms with E-state index in [0.717, 1.165) is 0 Å². The topological polar surface area (TPSA) is 203 Å². The third kappa shape index (κ3) is 4.43. The lowest BCUT2D eigenvalue weighted by molar-refractivity contribution is -0.138. The number of nitrogens with zero attached hydrogens (tertiary/aromatic N) is 7. The lowest BCUT2D eigenvalue weighted by Crippen LogP contribution is -2.14. The summed E-state index contributed by atoms with van der Waals surface area (Å²) >= 11 is 0. The minimum Gasteiger partial charge on any atom is -0.480 e. The smallest absolute Gasteiger partial charge is 0.325 e. The van der Waals surface area contributed by atoms with Gasteiger partial charge in [0, 0.05) is 23.2 Å². The Morgan fingerprint density at radius 1 is 0.935 bits per heavy atom. The summed E-state index contributed by atoms with van der Waals surface area (Å²) in [6.07, 6.45) is 5.96. The van der Waals surface area contributed by atoms with Gasteiger partial charge in [0.15, 0.2) is 11.4 Å². The molecule has 0 unspecified atom stereocenters. The van der Waals surface area contributed by atoms with E-state index in [1.165, 1.54) is 34.2 Å². The van der Waals surface area contributed by atoms with Crippen LogP contribution in [0.25, 0.3) is 21.8 Å². The summed E-state index contributed by atoms with van der Waals surface area (Å²) in [5, 5.41) is 35.0. The van der Waals surface area contributed by atoms with Crippen molar-refractivity contribution in [3.8, 4) is 6.07 Å². The fraction of sp³-hybridized carbons (Fsp3) is 0.111. The van der Waals surface area contributed by atoms with Gasteiger partial charge in [-0.3, -0.25) is 33.7 Å². The van der Waals surface area contributed by atoms with Crippen LogP contribution in [0.5, 0.6) is 0 Å². The Hall–Kier alpha value is -4.86. The minimum atomic E-state index is -1.05. The van der Waals surface area contributed by atoms with Crippen LogP contribution in [-0.4, -0.2) is 57.6 Å². The first-order valence-electron chi connectivity index (χ1n) is 8.56. The molecule has 4 rings (SSSR count). The van der Waals surface area contributed by atoms with Crippen LogP contribution >= 0.6 is 0 Å². The molecule has 0 saturated heterocycles. The lowest BCUT2D eigenvalue weighted by atomic mass is 10.2. The predicted octanol–water partition coefficient (Wildman–Crippen LogP) is 0.00238. The van der Waals surface area contributed by atoms with Crippen molar-refractivity contribution in [2.45, 2.75) is 13.1 Å². The molecule has 4 aromatic heterocycles. The first kappa shape index (κ1) is 20.9. The number of carbonyl (C=O) groups excluding carboxylic acids is 1. The van der Waals surface area contributed by atoms with E-state index in [-0.39, 0.29) is 24.5 Å². The molecule has 0 radical (unpaired) electrons. The summed E-state index contributed by atoms with van der Waals surface area (Å²) in [6.45, 7) is -0.612. The Bertz CT molecular complexity index is 1350. The Labute approximate surface area is 173 Å². The Morgan fingerprint density at radius 2 is 1.45 bits per heavy atom. The van der Waals surface area contributed by atoms with E-state index in [0.29, 0.717) is 21.8 Å². The molecule has 0 spiro atoms. The number of rotatable bonds is 5. The predicted molar refractivity (Wildman–Crippen MR) is 104 cm³/mol. The number of pyridine rings is 2. The second kappa shape index (κ2) is 8.66. The number of nitrogens with two attached hydrogens (primary N) is 1. The highest BCUT2D eigenvalue weighted by Gasteiger charge is 2.16. The van der Waals surface area contributed by atoms with Gasteiger partial charge in [-0.25, -0.2) is 0 Å². The molecule has 0 aliphatic rings. The maximum Gasteiger partial charge on any atom is 0.325 e. The summed E-state index contributed by atoms with van der Waals surface area (Å²) in [4.78, 5) is 39.9. The summed E-state index contributed by atoms with van der Waals surface area (Å²) < 4.78 is 2.44. The number of nitriles is 1. The van der Waals surface area contributed by atoms with Gasteiger partial charge in [0.2, 0.25) is 0 Å². The van der Waals surface area contributed by atoms with Gasteiger partial charge in [-0.1, -0.05) is 0 Å². The van der Waals surface area contributed by atoms with Crippen LogP contribution < -0.4 is 5.73 Å². The van der Waals surface area contributed by atoms with E-state index in [9.17, 15) is 14.4 Å². The van der Waals surface area contributed by atoms with Crippen molar-refractivity contribution in [2.75, 3.05) is 0 Å². The van der Waals surface area contributed by atoms with Crippen LogP contribution in [0.1, 0.15) is 16.2 Å². The maximum absolute atomic E-state index is 11.1. The maximum atomic E-state index is 11.1. The molecule has 0 aliphatic carbocycles. The lowest BCUT2D eigenvalue weighted by Gasteiger charge is -1.96. The van der Waals surface area contributed by atoms with Crippen molar-refractivity contribution >= 4 is 39.7 Å². The highest BCUT2D eigenvalue weighted by Crippen LogP contribution is 2.17. The number of carboxylic acids is 2. The molecule has 0 atom stereocenters. The monoisotopic (exact) mass is 422 g/mol. The molecule has 156 valence electrons. The number of aromatic nitrogens is 6. The quantitative estimate of drug-likeness (QED) is 0.393. The molecule has 0 fully saturated rings. The molecule has 31 heavy (non-hydrogen) atoms. The molecule has 0 aromatic carbocycles. The Kier molecular flexibility index (Phi) is 5.83. The molecule has 0 bridgehead atoms. The van der Waals surface area contributed by atoms with E-state index < -0.39 is 17.8 Å². The second-order valence-electron chi connectivity index (χ2n) is 6.06. The Balaban J connectivity index is 0.000000176. The summed E-state index contributed by atoms with van der Waals surface area (Å²) in [6, 6.07) is 5.12. The van der Waals surface area contributed by atoms with Gasteiger partial charge in [-0.2, -0.15) is 15.5 Å². The van der Waals surface area contributed by atoms with Crippen LogP contribution in [0.4, 0.5) is 0 Å². The fourth-order valence-corrected chi connectivity index (χ4v) is 2.80. The number of carboxylic acid groups (broad SMARTS) is 2. The number of primary amides is 1. The number of hydrogen-bond donors (Lipinski definition) is 3. The van der Waals surface area contributed by atoms with E-state index in [1.807, 2.05) is 6.07 Å².